The van der Waals surface area contributed by atoms with Gasteiger partial charge in [-0.05, 0) is 86.3 Å². The Hall–Kier alpha value is -2.04. The van der Waals surface area contributed by atoms with Gasteiger partial charge in [-0.15, -0.1) is 0 Å². The topological polar surface area (TPSA) is 64.6 Å². The molecule has 0 saturated heterocycles. The number of amides is 1. The monoisotopic (exact) mass is 371 g/mol. The first-order valence-corrected chi connectivity index (χ1v) is 10.0. The van der Waals surface area contributed by atoms with Gasteiger partial charge in [-0.25, -0.2) is 4.79 Å². The molecule has 4 fully saturated rings. The number of benzene rings is 1. The van der Waals surface area contributed by atoms with Crippen LogP contribution in [-0.4, -0.2) is 32.1 Å². The lowest BCUT2D eigenvalue weighted by Crippen LogP contribution is -2.48. The molecule has 4 bridgehead atoms. The molecule has 0 aliphatic heterocycles. The summed E-state index contributed by atoms with van der Waals surface area (Å²) < 4.78 is 10.1. The average molecular weight is 371 g/mol. The van der Waals surface area contributed by atoms with Gasteiger partial charge in [0.2, 0.25) is 0 Å². The van der Waals surface area contributed by atoms with E-state index in [1.807, 2.05) is 12.1 Å². The maximum atomic E-state index is 12.8. The lowest BCUT2D eigenvalue weighted by atomic mass is 9.48. The molecule has 5 heteroatoms. The molecule has 0 aromatic heterocycles. The van der Waals surface area contributed by atoms with Crippen molar-refractivity contribution >= 4 is 11.9 Å². The van der Waals surface area contributed by atoms with Crippen molar-refractivity contribution in [1.82, 2.24) is 5.32 Å². The third-order valence-electron chi connectivity index (χ3n) is 7.00. The number of hydrogen-bond donors (Lipinski definition) is 1. The summed E-state index contributed by atoms with van der Waals surface area (Å²) in [5, 5.41) is 2.73. The van der Waals surface area contributed by atoms with Gasteiger partial charge in [-0.1, -0.05) is 6.07 Å². The largest absolute Gasteiger partial charge is 0.496 e. The van der Waals surface area contributed by atoms with Gasteiger partial charge >= 0.3 is 5.97 Å². The van der Waals surface area contributed by atoms with Gasteiger partial charge < -0.3 is 14.8 Å². The summed E-state index contributed by atoms with van der Waals surface area (Å²) in [6.45, 7) is 1.62. The molecule has 1 N–H and O–H groups in total. The Morgan fingerprint density at radius 2 is 1.67 bits per heavy atom. The van der Waals surface area contributed by atoms with Crippen molar-refractivity contribution < 1.29 is 19.1 Å². The summed E-state index contributed by atoms with van der Waals surface area (Å²) in [7, 11) is 2.89. The van der Waals surface area contributed by atoms with Gasteiger partial charge in [0.25, 0.3) is 5.91 Å². The Balaban J connectivity index is 1.63. The van der Waals surface area contributed by atoms with Crippen LogP contribution in [0.5, 0.6) is 5.75 Å². The van der Waals surface area contributed by atoms with Crippen molar-refractivity contribution in [2.75, 3.05) is 14.2 Å². The highest BCUT2D eigenvalue weighted by Gasteiger charge is 2.51. The van der Waals surface area contributed by atoms with Gasteiger partial charge in [-0.2, -0.15) is 0 Å². The minimum atomic E-state index is -0.699. The summed E-state index contributed by atoms with van der Waals surface area (Å²) in [4.78, 5) is 24.5. The van der Waals surface area contributed by atoms with Crippen molar-refractivity contribution in [2.45, 2.75) is 56.9 Å². The fraction of sp³-hybridized carbons (Fsp3) is 0.636. The molecular formula is C22H29NO4. The van der Waals surface area contributed by atoms with Crippen molar-refractivity contribution in [3.63, 3.8) is 0 Å². The number of nitrogens with one attached hydrogen (secondary N) is 1. The van der Waals surface area contributed by atoms with Crippen LogP contribution in [0.1, 0.15) is 61.4 Å². The van der Waals surface area contributed by atoms with Gasteiger partial charge in [0.1, 0.15) is 11.8 Å². The van der Waals surface area contributed by atoms with E-state index in [1.165, 1.54) is 51.2 Å². The smallest absolute Gasteiger partial charge is 0.328 e. The van der Waals surface area contributed by atoms with Crippen LogP contribution in [0, 0.1) is 17.8 Å². The van der Waals surface area contributed by atoms with Gasteiger partial charge in [0, 0.05) is 0 Å². The number of ether oxygens (including phenoxy) is 2. The van der Waals surface area contributed by atoms with E-state index in [-0.39, 0.29) is 11.3 Å². The molecule has 146 valence electrons. The zero-order valence-electron chi connectivity index (χ0n) is 16.4. The third kappa shape index (κ3) is 3.21. The van der Waals surface area contributed by atoms with E-state index in [1.54, 1.807) is 14.0 Å². The van der Waals surface area contributed by atoms with Crippen LogP contribution in [0.4, 0.5) is 0 Å². The fourth-order valence-electron chi connectivity index (χ4n) is 6.19. The number of carbonyl (C=O) groups excluding carboxylic acids is 2. The van der Waals surface area contributed by atoms with Gasteiger partial charge in [-0.3, -0.25) is 4.79 Å². The number of esters is 1. The molecule has 1 amide bonds. The Kier molecular flexibility index (Phi) is 4.65. The molecule has 4 aliphatic rings. The standard InChI is InChI=1S/C22H29NO4/c1-13(21(25)27-3)23-20(24)18-9-17(4-5-19(18)26-2)22-10-14-6-15(11-22)8-16(7-14)12-22/h4-5,9,13-16H,6-8,10-12H2,1-3H3,(H,23,24)/t13-,14?,15?,16?,22?/m0/s1. The minimum absolute atomic E-state index is 0.212. The molecule has 0 unspecified atom stereocenters. The van der Waals surface area contributed by atoms with E-state index in [9.17, 15) is 9.59 Å². The van der Waals surface area contributed by atoms with Crippen LogP contribution in [0.25, 0.3) is 0 Å². The molecule has 0 radical (unpaired) electrons. The van der Waals surface area contributed by atoms with Crippen LogP contribution in [0.2, 0.25) is 0 Å². The zero-order chi connectivity index (χ0) is 19.2. The molecule has 27 heavy (non-hydrogen) atoms. The third-order valence-corrected chi connectivity index (χ3v) is 7.00. The van der Waals surface area contributed by atoms with Crippen LogP contribution >= 0.6 is 0 Å². The first-order valence-electron chi connectivity index (χ1n) is 10.0. The molecule has 1 aromatic rings. The summed E-state index contributed by atoms with van der Waals surface area (Å²) in [5.41, 5.74) is 1.98. The van der Waals surface area contributed by atoms with Crippen LogP contribution < -0.4 is 10.1 Å². The highest BCUT2D eigenvalue weighted by Crippen LogP contribution is 2.60. The lowest BCUT2D eigenvalue weighted by molar-refractivity contribution is -0.142. The molecule has 1 aromatic carbocycles. The molecule has 5 nitrogen and oxygen atoms in total. The molecule has 4 saturated carbocycles. The maximum Gasteiger partial charge on any atom is 0.328 e. The van der Waals surface area contributed by atoms with E-state index in [0.717, 1.165) is 17.8 Å². The quantitative estimate of drug-likeness (QED) is 0.805. The van der Waals surface area contributed by atoms with E-state index >= 15 is 0 Å². The Morgan fingerprint density at radius 3 is 2.19 bits per heavy atom. The van der Waals surface area contributed by atoms with E-state index in [4.69, 9.17) is 9.47 Å². The normalized spacial score (nSPS) is 32.0. The summed E-state index contributed by atoms with van der Waals surface area (Å²) >= 11 is 0. The number of rotatable bonds is 5. The Bertz CT molecular complexity index is 721. The van der Waals surface area contributed by atoms with E-state index in [2.05, 4.69) is 11.4 Å². The first-order chi connectivity index (χ1) is 12.9. The summed E-state index contributed by atoms with van der Waals surface area (Å²) in [5.74, 6) is 2.31. The SMILES string of the molecule is COC(=O)[C@H](C)NC(=O)c1cc(C23CC4CC(CC(C4)C2)C3)ccc1OC. The fourth-order valence-corrected chi connectivity index (χ4v) is 6.19. The van der Waals surface area contributed by atoms with Crippen LogP contribution in [-0.2, 0) is 14.9 Å². The highest BCUT2D eigenvalue weighted by molar-refractivity contribution is 5.99. The second kappa shape index (κ2) is 6.84. The lowest BCUT2D eigenvalue weighted by Gasteiger charge is -2.57. The second-order valence-corrected chi connectivity index (χ2v) is 8.83. The number of carbonyl (C=O) groups is 2. The molecule has 1 atom stereocenters. The Morgan fingerprint density at radius 1 is 1.07 bits per heavy atom. The summed E-state index contributed by atoms with van der Waals surface area (Å²) in [6.07, 6.45) is 7.89. The highest BCUT2D eigenvalue weighted by atomic mass is 16.5. The van der Waals surface area contributed by atoms with Crippen molar-refractivity contribution in [2.24, 2.45) is 17.8 Å². The van der Waals surface area contributed by atoms with Gasteiger partial charge in [0.05, 0.1) is 19.8 Å². The van der Waals surface area contributed by atoms with Crippen molar-refractivity contribution in [3.8, 4) is 5.75 Å². The Labute approximate surface area is 160 Å². The zero-order valence-corrected chi connectivity index (χ0v) is 16.4. The van der Waals surface area contributed by atoms with E-state index < -0.39 is 12.0 Å². The van der Waals surface area contributed by atoms with Gasteiger partial charge in [0.15, 0.2) is 0 Å². The number of hydrogen-bond acceptors (Lipinski definition) is 4. The predicted octanol–water partition coefficient (Wildman–Crippen LogP) is 3.45. The molecule has 0 heterocycles. The molecule has 4 aliphatic carbocycles. The molecule has 5 rings (SSSR count). The van der Waals surface area contributed by atoms with E-state index in [0.29, 0.717) is 11.3 Å². The molecular weight excluding hydrogens is 342 g/mol. The predicted molar refractivity (Wildman–Crippen MR) is 102 cm³/mol. The van der Waals surface area contributed by atoms with Crippen molar-refractivity contribution in [1.29, 1.82) is 0 Å². The van der Waals surface area contributed by atoms with Crippen LogP contribution in [0.15, 0.2) is 18.2 Å². The minimum Gasteiger partial charge on any atom is -0.496 e. The molecule has 0 spiro atoms. The average Bonchev–Trinajstić information content (AvgIpc) is 2.65. The second-order valence-electron chi connectivity index (χ2n) is 8.83. The maximum absolute atomic E-state index is 12.8. The van der Waals surface area contributed by atoms with Crippen molar-refractivity contribution in [3.05, 3.63) is 29.3 Å². The van der Waals surface area contributed by atoms with Crippen LogP contribution in [0.3, 0.4) is 0 Å². The summed E-state index contributed by atoms with van der Waals surface area (Å²) in [6, 6.07) is 5.36. The number of methoxy groups -OCH3 is 2. The first kappa shape index (κ1) is 18.3.